The van der Waals surface area contributed by atoms with Crippen molar-refractivity contribution in [3.05, 3.63) is 52.6 Å². The van der Waals surface area contributed by atoms with Gasteiger partial charge in [0.05, 0.1) is 32.3 Å². The summed E-state index contributed by atoms with van der Waals surface area (Å²) in [5.41, 5.74) is 5.25. The smallest absolute Gasteiger partial charge is 0.460 e. The van der Waals surface area contributed by atoms with Crippen molar-refractivity contribution in [3.8, 4) is 5.75 Å². The van der Waals surface area contributed by atoms with E-state index in [1.165, 1.54) is 6.07 Å². The molecule has 1 aromatic carbocycles. The zero-order valence-corrected chi connectivity index (χ0v) is 22.4. The Morgan fingerprint density at radius 1 is 1.33 bits per heavy atom. The van der Waals surface area contributed by atoms with Crippen molar-refractivity contribution in [3.63, 3.8) is 0 Å². The summed E-state index contributed by atoms with van der Waals surface area (Å²) in [6.45, 7) is 1.54. The van der Waals surface area contributed by atoms with Crippen LogP contribution in [-0.2, 0) is 34.5 Å². The number of unbranched alkanes of at least 4 members (excludes halogenated alkanes) is 1. The van der Waals surface area contributed by atoms with Crippen LogP contribution in [0.2, 0.25) is 0 Å². The minimum Gasteiger partial charge on any atom is -0.460 e. The number of para-hydroxylation sites is 1. The lowest BCUT2D eigenvalue weighted by atomic mass is 9.93. The minimum atomic E-state index is -4.21. The van der Waals surface area contributed by atoms with Crippen LogP contribution in [0, 0.1) is 5.92 Å². The van der Waals surface area contributed by atoms with E-state index in [1.807, 2.05) is 6.92 Å². The molecule has 0 aliphatic carbocycles. The number of esters is 1. The standard InChI is InChI=1S/C25H32F2N3O8P/c1-2-3-8-21(30-11-9-22(28)29-24(30)32)25(26,27)13-18(23(31)37-19-10-12-34-16-19)15-36-39(33)35-14-17-6-4-5-7-20(17)38-39/h4-7,9,11,18-19,21H,2-3,8,10,12-16H2,1H3,(H2,28,29,32). The number of alkyl halides is 2. The third-order valence-electron chi connectivity index (χ3n) is 6.52. The number of nitrogens with two attached hydrogens (primary N) is 1. The van der Waals surface area contributed by atoms with Gasteiger partial charge >= 0.3 is 19.5 Å². The number of rotatable bonds is 12. The largest absolute Gasteiger partial charge is 0.530 e. The fraction of sp³-hybridized carbons (Fsp3) is 0.560. The number of hydrogen-bond donors (Lipinski definition) is 1. The number of fused-ring (bicyclic) bond motifs is 1. The minimum absolute atomic E-state index is 0.0599. The first-order valence-electron chi connectivity index (χ1n) is 12.8. The van der Waals surface area contributed by atoms with Gasteiger partial charge in [-0.25, -0.2) is 18.1 Å². The van der Waals surface area contributed by atoms with Crippen LogP contribution in [0.3, 0.4) is 0 Å². The van der Waals surface area contributed by atoms with Crippen LogP contribution in [0.4, 0.5) is 14.6 Å². The molecule has 1 fully saturated rings. The monoisotopic (exact) mass is 571 g/mol. The average molecular weight is 572 g/mol. The first kappa shape index (κ1) is 29.1. The maximum Gasteiger partial charge on any atom is 0.530 e. The highest BCUT2D eigenvalue weighted by Gasteiger charge is 2.46. The molecule has 2 N–H and O–H groups in total. The van der Waals surface area contributed by atoms with E-state index in [0.29, 0.717) is 31.4 Å². The molecule has 11 nitrogen and oxygen atoms in total. The van der Waals surface area contributed by atoms with E-state index in [0.717, 1.165) is 10.8 Å². The van der Waals surface area contributed by atoms with Crippen molar-refractivity contribution in [2.75, 3.05) is 25.6 Å². The van der Waals surface area contributed by atoms with Gasteiger partial charge in [-0.15, -0.1) is 0 Å². The van der Waals surface area contributed by atoms with E-state index >= 15 is 8.78 Å². The van der Waals surface area contributed by atoms with E-state index in [-0.39, 0.29) is 31.2 Å². The van der Waals surface area contributed by atoms with Gasteiger partial charge in [-0.3, -0.25) is 18.4 Å². The van der Waals surface area contributed by atoms with E-state index in [9.17, 15) is 14.2 Å². The van der Waals surface area contributed by atoms with Crippen LogP contribution in [0.25, 0.3) is 0 Å². The molecule has 4 rings (SSSR count). The Morgan fingerprint density at radius 2 is 2.13 bits per heavy atom. The zero-order valence-electron chi connectivity index (χ0n) is 21.5. The van der Waals surface area contributed by atoms with Gasteiger partial charge in [-0.1, -0.05) is 38.0 Å². The Labute approximate surface area is 224 Å². The van der Waals surface area contributed by atoms with Crippen molar-refractivity contribution in [1.82, 2.24) is 9.55 Å². The molecule has 2 aliphatic rings. The highest BCUT2D eigenvalue weighted by atomic mass is 31.2. The third-order valence-corrected chi connectivity index (χ3v) is 7.85. The molecule has 39 heavy (non-hydrogen) atoms. The topological polar surface area (TPSA) is 141 Å². The van der Waals surface area contributed by atoms with Crippen molar-refractivity contribution in [2.45, 2.75) is 63.7 Å². The second-order valence-corrected chi connectivity index (χ2v) is 11.1. The number of anilines is 1. The van der Waals surface area contributed by atoms with Crippen molar-refractivity contribution in [2.24, 2.45) is 5.92 Å². The summed E-state index contributed by atoms with van der Waals surface area (Å²) < 4.78 is 72.4. The number of benzene rings is 1. The molecule has 1 saturated heterocycles. The molecule has 4 atom stereocenters. The molecule has 0 amide bonds. The van der Waals surface area contributed by atoms with Crippen LogP contribution in [0.5, 0.6) is 5.75 Å². The third kappa shape index (κ3) is 7.42. The van der Waals surface area contributed by atoms with Crippen LogP contribution in [-0.4, -0.2) is 47.4 Å². The molecule has 214 valence electrons. The van der Waals surface area contributed by atoms with Gasteiger partial charge in [0.2, 0.25) is 0 Å². The number of nitrogen functional groups attached to an aromatic ring is 1. The van der Waals surface area contributed by atoms with Crippen LogP contribution >= 0.6 is 7.82 Å². The summed E-state index contributed by atoms with van der Waals surface area (Å²) >= 11 is 0. The highest BCUT2D eigenvalue weighted by molar-refractivity contribution is 7.49. The first-order valence-corrected chi connectivity index (χ1v) is 14.2. The first-order chi connectivity index (χ1) is 18.6. The van der Waals surface area contributed by atoms with Crippen LogP contribution in [0.1, 0.15) is 50.6 Å². The molecule has 4 unspecified atom stereocenters. The summed E-state index contributed by atoms with van der Waals surface area (Å²) in [6, 6.07) is 6.35. The molecule has 14 heteroatoms. The molecular weight excluding hydrogens is 539 g/mol. The number of nitrogens with zero attached hydrogens (tertiary/aromatic N) is 2. The number of aromatic nitrogens is 2. The Morgan fingerprint density at radius 3 is 2.85 bits per heavy atom. The summed E-state index contributed by atoms with van der Waals surface area (Å²) in [5.74, 6) is -5.94. The summed E-state index contributed by atoms with van der Waals surface area (Å²) in [4.78, 5) is 29.1. The highest BCUT2D eigenvalue weighted by Crippen LogP contribution is 2.55. The quantitative estimate of drug-likeness (QED) is 0.290. The predicted molar refractivity (Wildman–Crippen MR) is 135 cm³/mol. The van der Waals surface area contributed by atoms with E-state index in [2.05, 4.69) is 4.98 Å². The number of phosphoric ester groups is 1. The van der Waals surface area contributed by atoms with E-state index < -0.39 is 56.5 Å². The van der Waals surface area contributed by atoms with Gasteiger partial charge in [-0.05, 0) is 18.6 Å². The average Bonchev–Trinajstić information content (AvgIpc) is 3.40. The number of carbonyl (C=O) groups is 1. The lowest BCUT2D eigenvalue weighted by molar-refractivity contribution is -0.161. The molecule has 2 aliphatic heterocycles. The van der Waals surface area contributed by atoms with Gasteiger partial charge < -0.3 is 19.7 Å². The maximum absolute atomic E-state index is 15.9. The molecule has 0 saturated carbocycles. The second-order valence-electron chi connectivity index (χ2n) is 9.50. The Balaban J connectivity index is 1.55. The zero-order chi connectivity index (χ0) is 28.0. The normalized spacial score (nSPS) is 22.5. The molecule has 2 aromatic rings. The maximum atomic E-state index is 15.9. The van der Waals surface area contributed by atoms with Gasteiger partial charge in [0.15, 0.2) is 0 Å². The van der Waals surface area contributed by atoms with Gasteiger partial charge in [0, 0.05) is 24.6 Å². The number of hydrogen-bond acceptors (Lipinski definition) is 10. The number of carbonyl (C=O) groups excluding carboxylic acids is 1. The van der Waals surface area contributed by atoms with Crippen molar-refractivity contribution < 1.29 is 41.2 Å². The molecule has 1 aromatic heterocycles. The summed E-state index contributed by atoms with van der Waals surface area (Å²) in [6.07, 6.45) is 0.855. The number of ether oxygens (including phenoxy) is 2. The number of phosphoric acid groups is 1. The lowest BCUT2D eigenvalue weighted by Crippen LogP contribution is -2.41. The number of halogens is 2. The molecule has 0 bridgehead atoms. The second kappa shape index (κ2) is 12.5. The Bertz CT molecular complexity index is 1250. The van der Waals surface area contributed by atoms with Crippen molar-refractivity contribution >= 4 is 19.6 Å². The van der Waals surface area contributed by atoms with E-state index in [1.54, 1.807) is 24.3 Å². The fourth-order valence-electron chi connectivity index (χ4n) is 4.41. The fourth-order valence-corrected chi connectivity index (χ4v) is 5.67. The molecule has 3 heterocycles. The van der Waals surface area contributed by atoms with Crippen LogP contribution in [0.15, 0.2) is 41.3 Å². The van der Waals surface area contributed by atoms with Crippen LogP contribution < -0.4 is 15.9 Å². The molecule has 0 radical (unpaired) electrons. The van der Waals surface area contributed by atoms with E-state index in [4.69, 9.17) is 28.8 Å². The summed E-state index contributed by atoms with van der Waals surface area (Å²) in [7, 11) is -4.21. The Kier molecular flexibility index (Phi) is 9.37. The van der Waals surface area contributed by atoms with Gasteiger partial charge in [0.25, 0.3) is 5.92 Å². The molecular formula is C25H32F2N3O8P. The van der Waals surface area contributed by atoms with Gasteiger partial charge in [0.1, 0.15) is 23.7 Å². The van der Waals surface area contributed by atoms with Gasteiger partial charge in [-0.2, -0.15) is 4.98 Å². The van der Waals surface area contributed by atoms with Crippen molar-refractivity contribution in [1.29, 1.82) is 0 Å². The lowest BCUT2D eigenvalue weighted by Gasteiger charge is -2.31. The SMILES string of the molecule is CCCCC(n1ccc(N)nc1=O)C(F)(F)CC(COP1(=O)OCc2ccccc2O1)C(=O)OC1CCOC1. The Hall–Kier alpha value is -2.86. The molecule has 0 spiro atoms. The predicted octanol–water partition coefficient (Wildman–Crippen LogP) is 4.26. The summed E-state index contributed by atoms with van der Waals surface area (Å²) in [5, 5.41) is 0.